The molecule has 1 aromatic heterocycles. The van der Waals surface area contributed by atoms with Crippen molar-refractivity contribution in [3.05, 3.63) is 95.7 Å². The highest BCUT2D eigenvalue weighted by molar-refractivity contribution is 7.90. The van der Waals surface area contributed by atoms with Crippen molar-refractivity contribution >= 4 is 20.9 Å². The van der Waals surface area contributed by atoms with Gasteiger partial charge >= 0.3 is 0 Å². The second-order valence-corrected chi connectivity index (χ2v) is 9.30. The highest BCUT2D eigenvalue weighted by Gasteiger charge is 2.32. The van der Waals surface area contributed by atoms with Crippen LogP contribution in [0.25, 0.3) is 10.9 Å². The Morgan fingerprint density at radius 3 is 2.30 bits per heavy atom. The lowest BCUT2D eigenvalue weighted by molar-refractivity contribution is 0.273. The van der Waals surface area contributed by atoms with Crippen molar-refractivity contribution in [3.8, 4) is 5.75 Å². The van der Waals surface area contributed by atoms with Gasteiger partial charge in [-0.15, -0.1) is 0 Å². The predicted molar refractivity (Wildman–Crippen MR) is 117 cm³/mol. The van der Waals surface area contributed by atoms with Crippen LogP contribution in [0.5, 0.6) is 5.75 Å². The third-order valence-corrected chi connectivity index (χ3v) is 7.41. The fourth-order valence-electron chi connectivity index (χ4n) is 4.23. The van der Waals surface area contributed by atoms with Crippen molar-refractivity contribution in [1.82, 2.24) is 8.87 Å². The van der Waals surface area contributed by atoms with Gasteiger partial charge in [0.15, 0.2) is 0 Å². The van der Waals surface area contributed by atoms with Gasteiger partial charge in [-0.2, -0.15) is 0 Å². The summed E-state index contributed by atoms with van der Waals surface area (Å²) in [4.78, 5) is 2.58. The van der Waals surface area contributed by atoms with Gasteiger partial charge in [0.1, 0.15) is 5.75 Å². The van der Waals surface area contributed by atoms with E-state index in [1.807, 2.05) is 42.5 Å². The summed E-state index contributed by atoms with van der Waals surface area (Å²) in [5.74, 6) is 0.829. The van der Waals surface area contributed by atoms with Crippen LogP contribution in [0.2, 0.25) is 0 Å². The first-order chi connectivity index (χ1) is 14.6. The van der Waals surface area contributed by atoms with Crippen LogP contribution in [0.1, 0.15) is 16.8 Å². The van der Waals surface area contributed by atoms with Gasteiger partial charge in [0.05, 0.1) is 23.2 Å². The van der Waals surface area contributed by atoms with Gasteiger partial charge in [-0.3, -0.25) is 4.90 Å². The minimum Gasteiger partial charge on any atom is -0.497 e. The number of para-hydroxylation sites is 1. The van der Waals surface area contributed by atoms with Gasteiger partial charge in [0.2, 0.25) is 0 Å². The molecule has 0 N–H and O–H groups in total. The maximum Gasteiger partial charge on any atom is 0.268 e. The van der Waals surface area contributed by atoms with E-state index >= 15 is 0 Å². The smallest absolute Gasteiger partial charge is 0.268 e. The second kappa shape index (κ2) is 7.31. The van der Waals surface area contributed by atoms with Crippen molar-refractivity contribution in [2.24, 2.45) is 0 Å². The van der Waals surface area contributed by atoms with E-state index in [0.29, 0.717) is 11.4 Å². The van der Waals surface area contributed by atoms with E-state index in [9.17, 15) is 8.42 Å². The Hall–Kier alpha value is -3.09. The third kappa shape index (κ3) is 3.09. The Kier molecular flexibility index (Phi) is 4.60. The SMILES string of the molecule is COc1ccc(CN2Cc3c(n(S(=O)(=O)c4ccccc4)c4ccccc34)C2)cc1. The standard InChI is InChI=1S/C24H22N2O3S/c1-29-19-13-11-18(12-14-19)15-25-16-22-21-9-5-6-10-23(21)26(24(22)17-25)30(27,28)20-7-3-2-4-8-20/h2-14H,15-17H2,1H3. The molecule has 0 aliphatic carbocycles. The highest BCUT2D eigenvalue weighted by atomic mass is 32.2. The molecule has 152 valence electrons. The van der Waals surface area contributed by atoms with E-state index in [1.165, 1.54) is 5.56 Å². The summed E-state index contributed by atoms with van der Waals surface area (Å²) in [7, 11) is -2.02. The molecule has 5 rings (SSSR count). The zero-order valence-corrected chi connectivity index (χ0v) is 17.5. The molecule has 0 spiro atoms. The molecule has 0 saturated carbocycles. The Morgan fingerprint density at radius 2 is 1.57 bits per heavy atom. The van der Waals surface area contributed by atoms with Crippen molar-refractivity contribution in [2.75, 3.05) is 7.11 Å². The van der Waals surface area contributed by atoms with Crippen LogP contribution in [-0.2, 0) is 29.7 Å². The Bertz CT molecular complexity index is 1310. The van der Waals surface area contributed by atoms with Crippen molar-refractivity contribution in [3.63, 3.8) is 0 Å². The van der Waals surface area contributed by atoms with Gasteiger partial charge in [0.25, 0.3) is 10.0 Å². The summed E-state index contributed by atoms with van der Waals surface area (Å²) in [5.41, 5.74) is 3.87. The number of fused-ring (bicyclic) bond motifs is 3. The van der Waals surface area contributed by atoms with Gasteiger partial charge in [-0.05, 0) is 41.5 Å². The highest BCUT2D eigenvalue weighted by Crippen LogP contribution is 2.36. The van der Waals surface area contributed by atoms with Gasteiger partial charge < -0.3 is 4.74 Å². The van der Waals surface area contributed by atoms with Gasteiger partial charge in [-0.25, -0.2) is 12.4 Å². The number of nitrogens with zero attached hydrogens (tertiary/aromatic N) is 2. The lowest BCUT2D eigenvalue weighted by Crippen LogP contribution is -2.20. The summed E-state index contributed by atoms with van der Waals surface area (Å²) in [6.07, 6.45) is 0. The first-order valence-corrected chi connectivity index (χ1v) is 11.3. The van der Waals surface area contributed by atoms with Crippen LogP contribution in [0.4, 0.5) is 0 Å². The van der Waals surface area contributed by atoms with Crippen molar-refractivity contribution in [2.45, 2.75) is 24.5 Å². The molecule has 0 bridgehead atoms. The normalized spacial score (nSPS) is 14.2. The minimum atomic E-state index is -3.68. The van der Waals surface area contributed by atoms with E-state index < -0.39 is 10.0 Å². The first-order valence-electron chi connectivity index (χ1n) is 9.85. The molecule has 4 aromatic rings. The Labute approximate surface area is 176 Å². The zero-order valence-electron chi connectivity index (χ0n) is 16.7. The summed E-state index contributed by atoms with van der Waals surface area (Å²) in [6, 6.07) is 24.4. The number of benzene rings is 3. The summed E-state index contributed by atoms with van der Waals surface area (Å²) < 4.78 is 33.8. The largest absolute Gasteiger partial charge is 0.497 e. The lowest BCUT2D eigenvalue weighted by Gasteiger charge is -2.17. The molecule has 6 heteroatoms. The third-order valence-electron chi connectivity index (χ3n) is 5.64. The molecule has 1 aliphatic rings. The molecular formula is C24H22N2O3S. The van der Waals surface area contributed by atoms with Crippen LogP contribution in [0, 0.1) is 0 Å². The summed E-state index contributed by atoms with van der Waals surface area (Å²) in [6.45, 7) is 2.06. The molecule has 3 aromatic carbocycles. The van der Waals surface area contributed by atoms with Crippen LogP contribution >= 0.6 is 0 Å². The number of hydrogen-bond donors (Lipinski definition) is 0. The van der Waals surface area contributed by atoms with Crippen molar-refractivity contribution < 1.29 is 13.2 Å². The van der Waals surface area contributed by atoms with E-state index in [-0.39, 0.29) is 0 Å². The average Bonchev–Trinajstić information content (AvgIpc) is 3.31. The van der Waals surface area contributed by atoms with E-state index in [4.69, 9.17) is 4.74 Å². The topological polar surface area (TPSA) is 51.5 Å². The molecule has 0 fully saturated rings. The number of aromatic nitrogens is 1. The zero-order chi connectivity index (χ0) is 20.7. The monoisotopic (exact) mass is 418 g/mol. The Balaban J connectivity index is 1.55. The number of hydrogen-bond acceptors (Lipinski definition) is 4. The fourth-order valence-corrected chi connectivity index (χ4v) is 5.82. The second-order valence-electron chi connectivity index (χ2n) is 7.52. The maximum atomic E-state index is 13.5. The predicted octanol–water partition coefficient (Wildman–Crippen LogP) is 4.40. The lowest BCUT2D eigenvalue weighted by atomic mass is 10.1. The molecule has 0 atom stereocenters. The number of methoxy groups -OCH3 is 1. The summed E-state index contributed by atoms with van der Waals surface area (Å²) >= 11 is 0. The molecule has 0 unspecified atom stereocenters. The maximum absolute atomic E-state index is 13.5. The van der Waals surface area contributed by atoms with Crippen LogP contribution in [0.3, 0.4) is 0 Å². The molecular weight excluding hydrogens is 396 g/mol. The van der Waals surface area contributed by atoms with Crippen LogP contribution in [0.15, 0.2) is 83.8 Å². The average molecular weight is 419 g/mol. The molecule has 0 radical (unpaired) electrons. The van der Waals surface area contributed by atoms with Gasteiger partial charge in [-0.1, -0.05) is 48.5 Å². The quantitative estimate of drug-likeness (QED) is 0.482. The van der Waals surface area contributed by atoms with E-state index in [1.54, 1.807) is 35.3 Å². The Morgan fingerprint density at radius 1 is 0.867 bits per heavy atom. The number of rotatable bonds is 5. The molecule has 5 nitrogen and oxygen atoms in total. The van der Waals surface area contributed by atoms with Crippen molar-refractivity contribution in [1.29, 1.82) is 0 Å². The number of ether oxygens (including phenoxy) is 1. The molecule has 2 heterocycles. The van der Waals surface area contributed by atoms with Gasteiger partial charge in [0, 0.05) is 25.0 Å². The molecule has 0 amide bonds. The first kappa shape index (κ1) is 18.9. The molecule has 1 aliphatic heterocycles. The van der Waals surface area contributed by atoms with Crippen LogP contribution in [-0.4, -0.2) is 24.4 Å². The van der Waals surface area contributed by atoms with Crippen LogP contribution < -0.4 is 4.74 Å². The minimum absolute atomic E-state index is 0.308. The fraction of sp³-hybridized carbons (Fsp3) is 0.167. The van der Waals surface area contributed by atoms with E-state index in [0.717, 1.165) is 41.0 Å². The van der Waals surface area contributed by atoms with E-state index in [2.05, 4.69) is 17.0 Å². The summed E-state index contributed by atoms with van der Waals surface area (Å²) in [5, 5.41) is 1.00. The molecule has 30 heavy (non-hydrogen) atoms. The molecule has 0 saturated heterocycles.